The summed E-state index contributed by atoms with van der Waals surface area (Å²) in [5.74, 6) is 0.470. The number of aromatic nitrogens is 2. The number of rotatable bonds is 3. The standard InChI is InChI=1S/C16H21N5O/c1-12-11-15(22)19-16(17-12)18-13-3-5-14(6-4-13)21-9-7-20(2)8-10-21/h3-6,11H,7-10H2,1-2H3,(H2,17,18,19,22). The SMILES string of the molecule is Cc1cc(=O)[nH]c(Nc2ccc(N3CCN(C)CC3)cc2)n1. The quantitative estimate of drug-likeness (QED) is 0.901. The van der Waals surface area contributed by atoms with E-state index in [1.165, 1.54) is 11.8 Å². The number of H-pyrrole nitrogens is 1. The van der Waals surface area contributed by atoms with Gasteiger partial charge in [0.25, 0.3) is 5.56 Å². The van der Waals surface area contributed by atoms with E-state index >= 15 is 0 Å². The fourth-order valence-corrected chi connectivity index (χ4v) is 2.60. The Hall–Kier alpha value is -2.34. The molecule has 1 aliphatic rings. The third kappa shape index (κ3) is 3.46. The molecule has 1 aromatic heterocycles. The van der Waals surface area contributed by atoms with Crippen LogP contribution in [0.25, 0.3) is 0 Å². The van der Waals surface area contributed by atoms with Gasteiger partial charge in [-0.15, -0.1) is 0 Å². The number of aromatic amines is 1. The van der Waals surface area contributed by atoms with Crippen LogP contribution in [0.1, 0.15) is 5.69 Å². The Kier molecular flexibility index (Phi) is 4.11. The number of benzene rings is 1. The second-order valence-electron chi connectivity index (χ2n) is 5.70. The van der Waals surface area contributed by atoms with Gasteiger partial charge < -0.3 is 15.1 Å². The van der Waals surface area contributed by atoms with Gasteiger partial charge in [-0.2, -0.15) is 0 Å². The lowest BCUT2D eigenvalue weighted by Gasteiger charge is -2.34. The fourth-order valence-electron chi connectivity index (χ4n) is 2.60. The van der Waals surface area contributed by atoms with Crippen molar-refractivity contribution in [2.75, 3.05) is 43.4 Å². The van der Waals surface area contributed by atoms with Crippen LogP contribution in [-0.4, -0.2) is 48.1 Å². The number of piperazine rings is 1. The van der Waals surface area contributed by atoms with Gasteiger partial charge in [0.2, 0.25) is 5.95 Å². The third-order valence-corrected chi connectivity index (χ3v) is 3.87. The van der Waals surface area contributed by atoms with Crippen LogP contribution in [0.2, 0.25) is 0 Å². The van der Waals surface area contributed by atoms with Crippen molar-refractivity contribution in [3.63, 3.8) is 0 Å². The zero-order valence-corrected chi connectivity index (χ0v) is 13.0. The van der Waals surface area contributed by atoms with Crippen molar-refractivity contribution in [1.82, 2.24) is 14.9 Å². The van der Waals surface area contributed by atoms with Crippen LogP contribution < -0.4 is 15.8 Å². The topological polar surface area (TPSA) is 64.3 Å². The van der Waals surface area contributed by atoms with Crippen molar-refractivity contribution in [1.29, 1.82) is 0 Å². The molecule has 0 bridgehead atoms. The van der Waals surface area contributed by atoms with Crippen LogP contribution in [0.3, 0.4) is 0 Å². The highest BCUT2D eigenvalue weighted by Crippen LogP contribution is 2.20. The number of nitrogens with zero attached hydrogens (tertiary/aromatic N) is 3. The Morgan fingerprint density at radius 1 is 1.14 bits per heavy atom. The van der Waals surface area contributed by atoms with Gasteiger partial charge in [-0.05, 0) is 38.2 Å². The summed E-state index contributed by atoms with van der Waals surface area (Å²) in [5, 5.41) is 3.13. The Labute approximate surface area is 129 Å². The molecule has 0 radical (unpaired) electrons. The van der Waals surface area contributed by atoms with Crippen LogP contribution in [-0.2, 0) is 0 Å². The molecule has 0 unspecified atom stereocenters. The van der Waals surface area contributed by atoms with Crippen molar-refractivity contribution in [3.8, 4) is 0 Å². The van der Waals surface area contributed by atoms with Gasteiger partial charge in [0.1, 0.15) is 0 Å². The molecule has 2 aromatic rings. The number of hydrogen-bond donors (Lipinski definition) is 2. The van der Waals surface area contributed by atoms with E-state index in [4.69, 9.17) is 0 Å². The first-order chi connectivity index (χ1) is 10.6. The maximum atomic E-state index is 11.4. The summed E-state index contributed by atoms with van der Waals surface area (Å²) >= 11 is 0. The molecule has 0 amide bonds. The van der Waals surface area contributed by atoms with Crippen molar-refractivity contribution in [3.05, 3.63) is 46.4 Å². The number of likely N-dealkylation sites (N-methyl/N-ethyl adjacent to an activating group) is 1. The zero-order valence-electron chi connectivity index (χ0n) is 13.0. The van der Waals surface area contributed by atoms with Crippen LogP contribution in [0.5, 0.6) is 0 Å². The molecule has 6 heteroatoms. The molecule has 116 valence electrons. The van der Waals surface area contributed by atoms with Crippen LogP contribution in [0.15, 0.2) is 35.1 Å². The fraction of sp³-hybridized carbons (Fsp3) is 0.375. The predicted molar refractivity (Wildman–Crippen MR) is 89.0 cm³/mol. The highest BCUT2D eigenvalue weighted by Gasteiger charge is 2.13. The summed E-state index contributed by atoms with van der Waals surface area (Å²) in [5.41, 5.74) is 2.68. The first-order valence-electron chi connectivity index (χ1n) is 7.49. The van der Waals surface area contributed by atoms with E-state index in [1.54, 1.807) is 6.92 Å². The van der Waals surface area contributed by atoms with E-state index in [0.29, 0.717) is 11.6 Å². The van der Waals surface area contributed by atoms with Gasteiger partial charge in [0.15, 0.2) is 0 Å². The first-order valence-corrected chi connectivity index (χ1v) is 7.49. The number of aryl methyl sites for hydroxylation is 1. The molecule has 1 aliphatic heterocycles. The van der Waals surface area contributed by atoms with Gasteiger partial charge in [0.05, 0.1) is 0 Å². The number of nitrogens with one attached hydrogen (secondary N) is 2. The minimum absolute atomic E-state index is 0.149. The summed E-state index contributed by atoms with van der Waals surface area (Å²) in [7, 11) is 2.15. The van der Waals surface area contributed by atoms with Crippen LogP contribution >= 0.6 is 0 Å². The third-order valence-electron chi connectivity index (χ3n) is 3.87. The summed E-state index contributed by atoms with van der Waals surface area (Å²) in [6.07, 6.45) is 0. The van der Waals surface area contributed by atoms with Crippen LogP contribution in [0.4, 0.5) is 17.3 Å². The Balaban J connectivity index is 1.70. The van der Waals surface area contributed by atoms with E-state index in [9.17, 15) is 4.79 Å². The van der Waals surface area contributed by atoms with E-state index in [2.05, 4.69) is 44.3 Å². The molecule has 22 heavy (non-hydrogen) atoms. The molecule has 2 N–H and O–H groups in total. The van der Waals surface area contributed by atoms with Crippen molar-refractivity contribution >= 4 is 17.3 Å². The lowest BCUT2D eigenvalue weighted by atomic mass is 10.2. The molecule has 0 saturated carbocycles. The highest BCUT2D eigenvalue weighted by atomic mass is 16.1. The molecule has 2 heterocycles. The minimum atomic E-state index is -0.149. The van der Waals surface area contributed by atoms with E-state index in [-0.39, 0.29) is 5.56 Å². The Morgan fingerprint density at radius 3 is 2.45 bits per heavy atom. The molecular weight excluding hydrogens is 278 g/mol. The maximum absolute atomic E-state index is 11.4. The van der Waals surface area contributed by atoms with Gasteiger partial charge in [-0.25, -0.2) is 4.98 Å². The minimum Gasteiger partial charge on any atom is -0.369 e. The number of hydrogen-bond acceptors (Lipinski definition) is 5. The van der Waals surface area contributed by atoms with Gasteiger partial charge in [0, 0.05) is 49.3 Å². The smallest absolute Gasteiger partial charge is 0.252 e. The average molecular weight is 299 g/mol. The molecule has 0 aliphatic carbocycles. The van der Waals surface area contributed by atoms with E-state index in [0.717, 1.165) is 31.9 Å². The largest absolute Gasteiger partial charge is 0.369 e. The summed E-state index contributed by atoms with van der Waals surface area (Å²) in [6.45, 7) is 6.09. The highest BCUT2D eigenvalue weighted by molar-refractivity contribution is 5.59. The molecule has 6 nitrogen and oxygen atoms in total. The molecule has 1 fully saturated rings. The van der Waals surface area contributed by atoms with Gasteiger partial charge >= 0.3 is 0 Å². The van der Waals surface area contributed by atoms with Crippen molar-refractivity contribution < 1.29 is 0 Å². The lowest BCUT2D eigenvalue weighted by Crippen LogP contribution is -2.44. The second-order valence-corrected chi connectivity index (χ2v) is 5.70. The zero-order chi connectivity index (χ0) is 15.5. The maximum Gasteiger partial charge on any atom is 0.252 e. The first kappa shape index (κ1) is 14.6. The summed E-state index contributed by atoms with van der Waals surface area (Å²) in [6, 6.07) is 9.69. The lowest BCUT2D eigenvalue weighted by molar-refractivity contribution is 0.313. The average Bonchev–Trinajstić information content (AvgIpc) is 2.48. The second kappa shape index (κ2) is 6.19. The molecule has 0 spiro atoms. The molecule has 0 atom stereocenters. The predicted octanol–water partition coefficient (Wildman–Crippen LogP) is 1.57. The van der Waals surface area contributed by atoms with Gasteiger partial charge in [-0.3, -0.25) is 9.78 Å². The van der Waals surface area contributed by atoms with Crippen molar-refractivity contribution in [2.24, 2.45) is 0 Å². The summed E-state index contributed by atoms with van der Waals surface area (Å²) < 4.78 is 0. The monoisotopic (exact) mass is 299 g/mol. The molecule has 3 rings (SSSR count). The normalized spacial score (nSPS) is 15.8. The number of anilines is 3. The molecular formula is C16H21N5O. The van der Waals surface area contributed by atoms with Crippen molar-refractivity contribution in [2.45, 2.75) is 6.92 Å². The Bertz CT molecular complexity index is 686. The molecule has 1 saturated heterocycles. The van der Waals surface area contributed by atoms with Crippen LogP contribution in [0, 0.1) is 6.92 Å². The van der Waals surface area contributed by atoms with Gasteiger partial charge in [-0.1, -0.05) is 0 Å². The molecule has 1 aromatic carbocycles. The Morgan fingerprint density at radius 2 is 1.82 bits per heavy atom. The van der Waals surface area contributed by atoms with E-state index in [1.807, 2.05) is 12.1 Å². The summed E-state index contributed by atoms with van der Waals surface area (Å²) in [4.78, 5) is 23.1. The van der Waals surface area contributed by atoms with E-state index < -0.39 is 0 Å².